The highest BCUT2D eigenvalue weighted by molar-refractivity contribution is 6.04. The number of rotatable bonds is 3. The first-order valence-corrected chi connectivity index (χ1v) is 5.48. The van der Waals surface area contributed by atoms with E-state index in [4.69, 9.17) is 4.74 Å². The number of carbonyl (C=O) groups is 1. The van der Waals surface area contributed by atoms with Gasteiger partial charge in [0.25, 0.3) is 5.91 Å². The number of pyridine rings is 1. The molecule has 0 saturated carbocycles. The minimum Gasteiger partial charge on any atom is -0.494 e. The number of ether oxygens (including phenoxy) is 1. The van der Waals surface area contributed by atoms with E-state index >= 15 is 0 Å². The SMILES string of the molecule is COc1cc(NC(=O)c2ccnc(F)c2F)ccc1F. The Balaban J connectivity index is 2.26. The Kier molecular flexibility index (Phi) is 3.88. The van der Waals surface area contributed by atoms with E-state index < -0.39 is 29.1 Å². The van der Waals surface area contributed by atoms with E-state index in [9.17, 15) is 18.0 Å². The summed E-state index contributed by atoms with van der Waals surface area (Å²) in [4.78, 5) is 14.9. The van der Waals surface area contributed by atoms with Gasteiger partial charge in [-0.3, -0.25) is 4.79 Å². The highest BCUT2D eigenvalue weighted by Crippen LogP contribution is 2.22. The lowest BCUT2D eigenvalue weighted by atomic mass is 10.2. The van der Waals surface area contributed by atoms with E-state index in [0.717, 1.165) is 18.3 Å². The number of halogens is 3. The second-order valence-electron chi connectivity index (χ2n) is 3.77. The summed E-state index contributed by atoms with van der Waals surface area (Å²) in [6, 6.07) is 4.61. The maximum Gasteiger partial charge on any atom is 0.258 e. The van der Waals surface area contributed by atoms with Crippen LogP contribution in [0.25, 0.3) is 0 Å². The van der Waals surface area contributed by atoms with Gasteiger partial charge >= 0.3 is 0 Å². The van der Waals surface area contributed by atoms with Gasteiger partial charge in [0.05, 0.1) is 12.7 Å². The molecule has 1 heterocycles. The van der Waals surface area contributed by atoms with Crippen molar-refractivity contribution in [2.45, 2.75) is 0 Å². The largest absolute Gasteiger partial charge is 0.494 e. The molecule has 4 nitrogen and oxygen atoms in total. The van der Waals surface area contributed by atoms with Gasteiger partial charge in [-0.15, -0.1) is 0 Å². The maximum absolute atomic E-state index is 13.4. The molecule has 2 aromatic rings. The van der Waals surface area contributed by atoms with Crippen molar-refractivity contribution in [3.63, 3.8) is 0 Å². The van der Waals surface area contributed by atoms with Gasteiger partial charge in [0.2, 0.25) is 5.95 Å². The van der Waals surface area contributed by atoms with Crippen molar-refractivity contribution in [2.75, 3.05) is 12.4 Å². The maximum atomic E-state index is 13.4. The summed E-state index contributed by atoms with van der Waals surface area (Å²) in [6.07, 6.45) is 0.971. The standard InChI is InChI=1S/C13H9F3N2O2/c1-20-10-6-7(2-3-9(10)14)18-13(19)8-4-5-17-12(16)11(8)15/h2-6H,1H3,(H,18,19). The van der Waals surface area contributed by atoms with Crippen molar-refractivity contribution in [3.05, 3.63) is 53.6 Å². The van der Waals surface area contributed by atoms with Crippen molar-refractivity contribution in [1.82, 2.24) is 4.98 Å². The van der Waals surface area contributed by atoms with Gasteiger partial charge < -0.3 is 10.1 Å². The zero-order valence-electron chi connectivity index (χ0n) is 10.3. The van der Waals surface area contributed by atoms with Crippen molar-refractivity contribution in [1.29, 1.82) is 0 Å². The minimum atomic E-state index is -1.37. The first kappa shape index (κ1) is 13.9. The van der Waals surface area contributed by atoms with Crippen LogP contribution in [0.3, 0.4) is 0 Å². The highest BCUT2D eigenvalue weighted by atomic mass is 19.2. The molecule has 1 aromatic heterocycles. The van der Waals surface area contributed by atoms with Crippen LogP contribution in [0, 0.1) is 17.6 Å². The Morgan fingerprint density at radius 3 is 2.70 bits per heavy atom. The zero-order valence-corrected chi connectivity index (χ0v) is 10.3. The Morgan fingerprint density at radius 2 is 2.00 bits per heavy atom. The third-order valence-electron chi connectivity index (χ3n) is 2.50. The van der Waals surface area contributed by atoms with Gasteiger partial charge in [-0.1, -0.05) is 0 Å². The van der Waals surface area contributed by atoms with Crippen LogP contribution in [-0.4, -0.2) is 18.0 Å². The Bertz CT molecular complexity index is 662. The monoisotopic (exact) mass is 282 g/mol. The number of nitrogens with one attached hydrogen (secondary N) is 1. The predicted molar refractivity (Wildman–Crippen MR) is 65.1 cm³/mol. The molecule has 1 N–H and O–H groups in total. The molecule has 20 heavy (non-hydrogen) atoms. The lowest BCUT2D eigenvalue weighted by Gasteiger charge is -2.08. The lowest BCUT2D eigenvalue weighted by molar-refractivity contribution is 0.102. The van der Waals surface area contributed by atoms with Crippen molar-refractivity contribution in [2.24, 2.45) is 0 Å². The third-order valence-corrected chi connectivity index (χ3v) is 2.50. The minimum absolute atomic E-state index is 0.0795. The van der Waals surface area contributed by atoms with E-state index in [0.29, 0.717) is 0 Å². The molecule has 0 aliphatic carbocycles. The van der Waals surface area contributed by atoms with Crippen LogP contribution in [0.5, 0.6) is 5.75 Å². The second kappa shape index (κ2) is 5.60. The summed E-state index contributed by atoms with van der Waals surface area (Å²) < 4.78 is 44.2. The summed E-state index contributed by atoms with van der Waals surface area (Å²) in [5.74, 6) is -4.28. The predicted octanol–water partition coefficient (Wildman–Crippen LogP) is 2.76. The smallest absolute Gasteiger partial charge is 0.258 e. The van der Waals surface area contributed by atoms with Gasteiger partial charge in [-0.25, -0.2) is 13.8 Å². The van der Waals surface area contributed by atoms with Crippen LogP contribution in [0.2, 0.25) is 0 Å². The molecule has 104 valence electrons. The zero-order chi connectivity index (χ0) is 14.7. The van der Waals surface area contributed by atoms with Crippen LogP contribution >= 0.6 is 0 Å². The number of nitrogens with zero attached hydrogens (tertiary/aromatic N) is 1. The molecule has 1 aromatic carbocycles. The van der Waals surface area contributed by atoms with Crippen molar-refractivity contribution in [3.8, 4) is 5.75 Å². The molecule has 7 heteroatoms. The first-order valence-electron chi connectivity index (χ1n) is 5.48. The normalized spacial score (nSPS) is 10.2. The number of methoxy groups -OCH3 is 1. The molecule has 1 amide bonds. The second-order valence-corrected chi connectivity index (χ2v) is 3.77. The number of hydrogen-bond donors (Lipinski definition) is 1. The molecule has 0 atom stereocenters. The Morgan fingerprint density at radius 1 is 1.25 bits per heavy atom. The molecule has 0 radical (unpaired) electrons. The van der Waals surface area contributed by atoms with Crippen LogP contribution in [0.4, 0.5) is 18.9 Å². The number of hydrogen-bond acceptors (Lipinski definition) is 3. The summed E-state index contributed by atoms with van der Waals surface area (Å²) >= 11 is 0. The summed E-state index contributed by atoms with van der Waals surface area (Å²) in [6.45, 7) is 0. The third kappa shape index (κ3) is 2.71. The van der Waals surface area contributed by atoms with E-state index in [2.05, 4.69) is 10.3 Å². The number of carbonyl (C=O) groups excluding carboxylic acids is 1. The number of anilines is 1. The highest BCUT2D eigenvalue weighted by Gasteiger charge is 2.16. The molecule has 0 aliphatic rings. The Labute approximate surface area is 112 Å². The van der Waals surface area contributed by atoms with Crippen molar-refractivity contribution >= 4 is 11.6 Å². The van der Waals surface area contributed by atoms with E-state index in [1.54, 1.807) is 0 Å². The summed E-state index contributed by atoms with van der Waals surface area (Å²) in [5.41, 5.74) is -0.314. The average molecular weight is 282 g/mol. The number of amides is 1. The topological polar surface area (TPSA) is 51.2 Å². The molecule has 0 bridgehead atoms. The Hall–Kier alpha value is -2.57. The van der Waals surface area contributed by atoms with Crippen LogP contribution < -0.4 is 10.1 Å². The van der Waals surface area contributed by atoms with Gasteiger partial charge in [0.15, 0.2) is 17.4 Å². The van der Waals surface area contributed by atoms with Gasteiger partial charge in [-0.2, -0.15) is 4.39 Å². The van der Waals surface area contributed by atoms with E-state index in [1.807, 2.05) is 0 Å². The number of aromatic nitrogens is 1. The van der Waals surface area contributed by atoms with Crippen LogP contribution in [0.15, 0.2) is 30.5 Å². The fourth-order valence-corrected chi connectivity index (χ4v) is 1.53. The fraction of sp³-hybridized carbons (Fsp3) is 0.0769. The van der Waals surface area contributed by atoms with Crippen LogP contribution in [-0.2, 0) is 0 Å². The molecule has 2 rings (SSSR count). The molecule has 0 saturated heterocycles. The first-order chi connectivity index (χ1) is 9.52. The fourth-order valence-electron chi connectivity index (χ4n) is 1.53. The van der Waals surface area contributed by atoms with Gasteiger partial charge in [0, 0.05) is 18.0 Å². The summed E-state index contributed by atoms with van der Waals surface area (Å²) in [5, 5.41) is 2.31. The van der Waals surface area contributed by atoms with E-state index in [1.165, 1.54) is 19.2 Å². The van der Waals surface area contributed by atoms with Crippen molar-refractivity contribution < 1.29 is 22.7 Å². The molecular weight excluding hydrogens is 273 g/mol. The van der Waals surface area contributed by atoms with Gasteiger partial charge in [-0.05, 0) is 18.2 Å². The molecule has 0 spiro atoms. The lowest BCUT2D eigenvalue weighted by Crippen LogP contribution is -2.15. The molecule has 0 aliphatic heterocycles. The summed E-state index contributed by atoms with van der Waals surface area (Å²) in [7, 11) is 1.27. The molecule has 0 unspecified atom stereocenters. The van der Waals surface area contributed by atoms with Crippen LogP contribution in [0.1, 0.15) is 10.4 Å². The van der Waals surface area contributed by atoms with Gasteiger partial charge in [0.1, 0.15) is 0 Å². The molecular formula is C13H9F3N2O2. The quantitative estimate of drug-likeness (QED) is 0.881. The average Bonchev–Trinajstić information content (AvgIpc) is 2.43. The van der Waals surface area contributed by atoms with E-state index in [-0.39, 0.29) is 11.4 Å². The number of benzene rings is 1. The molecule has 0 fully saturated rings.